The van der Waals surface area contributed by atoms with Crippen LogP contribution in [0.15, 0.2) is 55.3 Å². The van der Waals surface area contributed by atoms with Crippen molar-refractivity contribution in [2.45, 2.75) is 38.6 Å². The third-order valence-corrected chi connectivity index (χ3v) is 6.03. The fraction of sp³-hybridized carbons (Fsp3) is 0.458. The average molecular weight is 441 g/mol. The van der Waals surface area contributed by atoms with Gasteiger partial charge in [-0.05, 0) is 50.1 Å². The zero-order valence-electron chi connectivity index (χ0n) is 18.7. The molecule has 2 aromatic heterocycles. The second kappa shape index (κ2) is 11.3. The molecule has 0 aromatic carbocycles. The molecule has 0 spiro atoms. The number of nitrogens with zero attached hydrogens (tertiary/aromatic N) is 6. The highest BCUT2D eigenvalue weighted by Crippen LogP contribution is 2.33. The molecule has 4 rings (SSSR count). The lowest BCUT2D eigenvalue weighted by Crippen LogP contribution is -2.34. The molecule has 2 aliphatic heterocycles. The molecule has 166 valence electrons. The van der Waals surface area contributed by atoms with E-state index in [1.54, 1.807) is 0 Å². The van der Waals surface area contributed by atoms with Gasteiger partial charge in [0.25, 0.3) is 0 Å². The molecule has 4 heterocycles. The van der Waals surface area contributed by atoms with Crippen molar-refractivity contribution in [3.63, 3.8) is 0 Å². The molecular weight excluding hydrogens is 408 g/mol. The molecular formula is C24H33ClN6. The third kappa shape index (κ3) is 5.25. The van der Waals surface area contributed by atoms with Crippen LogP contribution in [0.25, 0.3) is 5.70 Å². The summed E-state index contributed by atoms with van der Waals surface area (Å²) < 4.78 is 2.31. The largest absolute Gasteiger partial charge is 0.357 e. The van der Waals surface area contributed by atoms with Crippen LogP contribution in [0.4, 0.5) is 5.82 Å². The molecule has 0 atom stereocenters. The van der Waals surface area contributed by atoms with Gasteiger partial charge in [0.2, 0.25) is 0 Å². The fourth-order valence-electron chi connectivity index (χ4n) is 4.37. The van der Waals surface area contributed by atoms with Crippen LogP contribution < -0.4 is 4.90 Å². The maximum atomic E-state index is 5.97. The summed E-state index contributed by atoms with van der Waals surface area (Å²) >= 11 is 5.97. The van der Waals surface area contributed by atoms with E-state index >= 15 is 0 Å². The number of pyridine rings is 1. The summed E-state index contributed by atoms with van der Waals surface area (Å²) in [6.07, 6.45) is 9.15. The maximum Gasteiger partial charge on any atom is 0.151 e. The Morgan fingerprint density at radius 3 is 2.58 bits per heavy atom. The first-order valence-corrected chi connectivity index (χ1v) is 11.5. The first-order chi connectivity index (χ1) is 15.2. The van der Waals surface area contributed by atoms with Gasteiger partial charge in [0, 0.05) is 43.3 Å². The van der Waals surface area contributed by atoms with E-state index in [0.29, 0.717) is 11.8 Å². The van der Waals surface area contributed by atoms with Gasteiger partial charge in [0.1, 0.15) is 11.6 Å². The Morgan fingerprint density at radius 2 is 1.94 bits per heavy atom. The molecule has 0 unspecified atom stereocenters. The first kappa shape index (κ1) is 23.2. The molecule has 2 aromatic rings. The number of rotatable bonds is 5. The Labute approximate surface area is 190 Å². The molecule has 0 saturated carbocycles. The summed E-state index contributed by atoms with van der Waals surface area (Å²) in [6, 6.07) is 6.10. The second-order valence-corrected chi connectivity index (χ2v) is 8.14. The molecule has 6 nitrogen and oxygen atoms in total. The summed E-state index contributed by atoms with van der Waals surface area (Å²) in [5.74, 6) is 4.08. The minimum atomic E-state index is 0.400. The summed E-state index contributed by atoms with van der Waals surface area (Å²) in [7, 11) is 2.15. The molecule has 0 N–H and O–H groups in total. The molecule has 0 amide bonds. The standard InChI is InChI=1S/C22H29ClN6.C2H4/c1-3-17-15-27(2)16-21-25-26-22(29(21)19(17)7-6-11-23)18-9-13-28(14-10-18)20-8-4-5-12-24-20;1-2/h4-8,12,18H,3,9-11,13-16H2,1-2H3;1-2H2/b7-6-;. The topological polar surface area (TPSA) is 50.1 Å². The van der Waals surface area contributed by atoms with Gasteiger partial charge in [-0.25, -0.2) is 4.98 Å². The van der Waals surface area contributed by atoms with E-state index in [1.165, 1.54) is 11.3 Å². The lowest BCUT2D eigenvalue weighted by atomic mass is 9.95. The second-order valence-electron chi connectivity index (χ2n) is 7.83. The van der Waals surface area contributed by atoms with Gasteiger partial charge in [-0.1, -0.05) is 19.1 Å². The first-order valence-electron chi connectivity index (χ1n) is 10.9. The van der Waals surface area contributed by atoms with Crippen LogP contribution in [0.1, 0.15) is 43.8 Å². The van der Waals surface area contributed by atoms with Crippen molar-refractivity contribution in [2.75, 3.05) is 37.5 Å². The van der Waals surface area contributed by atoms with Gasteiger partial charge in [-0.2, -0.15) is 0 Å². The van der Waals surface area contributed by atoms with Gasteiger partial charge < -0.3 is 4.90 Å². The molecule has 0 aliphatic carbocycles. The van der Waals surface area contributed by atoms with E-state index in [2.05, 4.69) is 74.9 Å². The molecule has 0 radical (unpaired) electrons. The van der Waals surface area contributed by atoms with Gasteiger partial charge in [-0.3, -0.25) is 9.47 Å². The van der Waals surface area contributed by atoms with Gasteiger partial charge in [0.05, 0.1) is 6.54 Å². The Bertz CT molecular complexity index is 896. The smallest absolute Gasteiger partial charge is 0.151 e. The number of anilines is 1. The van der Waals surface area contributed by atoms with Crippen LogP contribution in [0.3, 0.4) is 0 Å². The summed E-state index contributed by atoms with van der Waals surface area (Å²) in [6.45, 7) is 11.9. The van der Waals surface area contributed by atoms with Gasteiger partial charge >= 0.3 is 0 Å². The van der Waals surface area contributed by atoms with Crippen LogP contribution in [-0.4, -0.2) is 57.2 Å². The Morgan fingerprint density at radius 1 is 1.16 bits per heavy atom. The summed E-state index contributed by atoms with van der Waals surface area (Å²) in [5.41, 5.74) is 2.61. The number of allylic oxidation sites excluding steroid dienone is 3. The van der Waals surface area contributed by atoms with Gasteiger partial charge in [-0.15, -0.1) is 35.0 Å². The van der Waals surface area contributed by atoms with Crippen LogP contribution in [0, 0.1) is 0 Å². The highest BCUT2D eigenvalue weighted by Gasteiger charge is 2.29. The maximum absolute atomic E-state index is 5.97. The minimum Gasteiger partial charge on any atom is -0.357 e. The van der Waals surface area contributed by atoms with Crippen molar-refractivity contribution in [3.05, 3.63) is 66.9 Å². The van der Waals surface area contributed by atoms with Crippen LogP contribution in [-0.2, 0) is 6.54 Å². The lowest BCUT2D eigenvalue weighted by Gasteiger charge is -2.32. The molecule has 0 bridgehead atoms. The van der Waals surface area contributed by atoms with Crippen LogP contribution in [0.2, 0.25) is 0 Å². The number of hydrogen-bond donors (Lipinski definition) is 0. The lowest BCUT2D eigenvalue weighted by molar-refractivity contribution is 0.346. The van der Waals surface area contributed by atoms with Crippen molar-refractivity contribution in [3.8, 4) is 0 Å². The van der Waals surface area contributed by atoms with E-state index in [4.69, 9.17) is 11.6 Å². The zero-order valence-corrected chi connectivity index (χ0v) is 19.4. The van der Waals surface area contributed by atoms with E-state index < -0.39 is 0 Å². The van der Waals surface area contributed by atoms with E-state index in [9.17, 15) is 0 Å². The number of halogens is 1. The zero-order chi connectivity index (χ0) is 22.2. The van der Waals surface area contributed by atoms with Crippen LogP contribution in [0.5, 0.6) is 0 Å². The monoisotopic (exact) mass is 440 g/mol. The van der Waals surface area contributed by atoms with Crippen molar-refractivity contribution in [2.24, 2.45) is 0 Å². The van der Waals surface area contributed by atoms with Crippen molar-refractivity contribution in [1.29, 1.82) is 0 Å². The van der Waals surface area contributed by atoms with Gasteiger partial charge in [0.15, 0.2) is 5.82 Å². The third-order valence-electron chi connectivity index (χ3n) is 5.86. The number of hydrogen-bond acceptors (Lipinski definition) is 5. The number of likely N-dealkylation sites (N-methyl/N-ethyl adjacent to an activating group) is 1. The fourth-order valence-corrected chi connectivity index (χ4v) is 4.46. The highest BCUT2D eigenvalue weighted by molar-refractivity contribution is 6.19. The molecule has 7 heteroatoms. The minimum absolute atomic E-state index is 0.400. The molecule has 1 fully saturated rings. The summed E-state index contributed by atoms with van der Waals surface area (Å²) in [4.78, 5) is 9.19. The molecule has 1 saturated heterocycles. The number of piperidine rings is 1. The number of alkyl halides is 1. The summed E-state index contributed by atoms with van der Waals surface area (Å²) in [5, 5.41) is 9.26. The Kier molecular flexibility index (Phi) is 8.43. The predicted octanol–water partition coefficient (Wildman–Crippen LogP) is 4.72. The number of fused-ring (bicyclic) bond motifs is 1. The van der Waals surface area contributed by atoms with Crippen molar-refractivity contribution >= 4 is 23.1 Å². The molecule has 2 aliphatic rings. The average Bonchev–Trinajstić information content (AvgIpc) is 3.17. The van der Waals surface area contributed by atoms with Crippen LogP contribution >= 0.6 is 11.6 Å². The predicted molar refractivity (Wildman–Crippen MR) is 129 cm³/mol. The SMILES string of the molecule is C=C.CCC1=C(/C=C\CCl)n2c(nnc2C2CCN(c3ccccn3)CC2)CN(C)C1. The van der Waals surface area contributed by atoms with E-state index in [1.807, 2.05) is 18.3 Å². The Hall–Kier alpha value is -2.44. The highest BCUT2D eigenvalue weighted by atomic mass is 35.5. The van der Waals surface area contributed by atoms with E-state index in [-0.39, 0.29) is 0 Å². The number of aromatic nitrogens is 4. The molecule has 31 heavy (non-hydrogen) atoms. The van der Waals surface area contributed by atoms with Crippen molar-refractivity contribution in [1.82, 2.24) is 24.6 Å². The van der Waals surface area contributed by atoms with E-state index in [0.717, 1.165) is 62.9 Å². The van der Waals surface area contributed by atoms with Crippen molar-refractivity contribution < 1.29 is 0 Å². The normalized spacial score (nSPS) is 18.0. The Balaban J connectivity index is 0.00000132. The quantitative estimate of drug-likeness (QED) is 0.497.